The average molecular weight is 272 g/mol. The Balaban J connectivity index is 2.42. The number of benzene rings is 1. The predicted molar refractivity (Wildman–Crippen MR) is 66.6 cm³/mol. The molecule has 0 spiro atoms. The van der Waals surface area contributed by atoms with Gasteiger partial charge in [0.2, 0.25) is 0 Å². The first-order valence-corrected chi connectivity index (χ1v) is 5.64. The predicted octanol–water partition coefficient (Wildman–Crippen LogP) is 1.67. The molecule has 2 aromatic rings. The molecule has 0 aliphatic carbocycles. The smallest absolute Gasteiger partial charge is 0.0895 e. The van der Waals surface area contributed by atoms with E-state index in [9.17, 15) is 0 Å². The Hall–Kier alpha value is -1.14. The van der Waals surface area contributed by atoms with Crippen molar-refractivity contribution in [2.45, 2.75) is 6.04 Å². The minimum Gasteiger partial charge on any atom is -0.271 e. The van der Waals surface area contributed by atoms with Gasteiger partial charge < -0.3 is 0 Å². The summed E-state index contributed by atoms with van der Waals surface area (Å²) in [6.07, 6.45) is 1.65. The fraction of sp³-hybridized carbons (Fsp3) is 0.200. The van der Waals surface area contributed by atoms with Crippen LogP contribution in [0.1, 0.15) is 17.3 Å². The number of aromatic nitrogens is 3. The van der Waals surface area contributed by atoms with Gasteiger partial charge in [-0.25, -0.2) is 5.43 Å². The molecule has 0 saturated carbocycles. The first kappa shape index (κ1) is 12.3. The summed E-state index contributed by atoms with van der Waals surface area (Å²) in [6.45, 7) is 0. The molecule has 17 heavy (non-hydrogen) atoms. The number of nitrogens with one attached hydrogen (secondary N) is 1. The van der Waals surface area contributed by atoms with Crippen molar-refractivity contribution in [3.05, 3.63) is 45.7 Å². The molecule has 0 radical (unpaired) electrons. The minimum atomic E-state index is -0.232. The van der Waals surface area contributed by atoms with E-state index in [1.807, 2.05) is 6.07 Å². The van der Waals surface area contributed by atoms with Crippen LogP contribution in [0.25, 0.3) is 0 Å². The highest BCUT2D eigenvalue weighted by Crippen LogP contribution is 2.27. The number of hydrogen-bond donors (Lipinski definition) is 2. The van der Waals surface area contributed by atoms with Crippen LogP contribution < -0.4 is 11.3 Å². The molecule has 0 bridgehead atoms. The largest absolute Gasteiger partial charge is 0.271 e. The quantitative estimate of drug-likeness (QED) is 0.658. The summed E-state index contributed by atoms with van der Waals surface area (Å²) in [5.41, 5.74) is 4.44. The van der Waals surface area contributed by atoms with Gasteiger partial charge in [-0.05, 0) is 17.7 Å². The average Bonchev–Trinajstić information content (AvgIpc) is 2.71. The molecule has 0 amide bonds. The maximum Gasteiger partial charge on any atom is 0.0895 e. The first-order chi connectivity index (χ1) is 8.13. The van der Waals surface area contributed by atoms with Crippen molar-refractivity contribution in [3.8, 4) is 0 Å². The monoisotopic (exact) mass is 271 g/mol. The van der Waals surface area contributed by atoms with Gasteiger partial charge in [0.15, 0.2) is 0 Å². The van der Waals surface area contributed by atoms with E-state index in [1.165, 1.54) is 0 Å². The molecule has 1 aromatic heterocycles. The zero-order valence-corrected chi connectivity index (χ0v) is 10.6. The Morgan fingerprint density at radius 3 is 2.65 bits per heavy atom. The molecule has 90 valence electrons. The fourth-order valence-electron chi connectivity index (χ4n) is 1.60. The van der Waals surface area contributed by atoms with Gasteiger partial charge >= 0.3 is 0 Å². The van der Waals surface area contributed by atoms with Crippen LogP contribution in [0.5, 0.6) is 0 Å². The molecule has 0 aliphatic heterocycles. The van der Waals surface area contributed by atoms with E-state index in [2.05, 4.69) is 15.7 Å². The van der Waals surface area contributed by atoms with E-state index in [1.54, 1.807) is 30.1 Å². The zero-order chi connectivity index (χ0) is 12.4. The Morgan fingerprint density at radius 1 is 1.35 bits per heavy atom. The van der Waals surface area contributed by atoms with Crippen LogP contribution in [0.15, 0.2) is 24.4 Å². The van der Waals surface area contributed by atoms with Gasteiger partial charge in [0, 0.05) is 7.05 Å². The maximum absolute atomic E-state index is 5.98. The number of aryl methyl sites for hydroxylation is 1. The molecular weight excluding hydrogens is 261 g/mol. The normalized spacial score (nSPS) is 12.7. The Labute approximate surface area is 108 Å². The van der Waals surface area contributed by atoms with Crippen molar-refractivity contribution in [1.29, 1.82) is 0 Å². The Morgan fingerprint density at radius 2 is 2.12 bits per heavy atom. The highest BCUT2D eigenvalue weighted by atomic mass is 35.5. The third kappa shape index (κ3) is 2.42. The van der Waals surface area contributed by atoms with Crippen molar-refractivity contribution in [2.24, 2.45) is 12.9 Å². The summed E-state index contributed by atoms with van der Waals surface area (Å²) in [5, 5.41) is 8.67. The van der Waals surface area contributed by atoms with Gasteiger partial charge in [0.05, 0.1) is 28.0 Å². The van der Waals surface area contributed by atoms with E-state index >= 15 is 0 Å². The molecule has 5 nitrogen and oxygen atoms in total. The molecule has 0 fully saturated rings. The number of nitrogens with two attached hydrogens (primary N) is 1. The summed E-state index contributed by atoms with van der Waals surface area (Å²) < 4.78 is 1.65. The van der Waals surface area contributed by atoms with Crippen LogP contribution in [0.2, 0.25) is 10.0 Å². The number of hydrogen-bond acceptors (Lipinski definition) is 4. The van der Waals surface area contributed by atoms with E-state index in [-0.39, 0.29) is 6.04 Å². The number of halogens is 2. The molecule has 0 saturated heterocycles. The van der Waals surface area contributed by atoms with Crippen LogP contribution in [-0.2, 0) is 7.05 Å². The molecule has 0 aliphatic rings. The van der Waals surface area contributed by atoms with Crippen molar-refractivity contribution < 1.29 is 0 Å². The van der Waals surface area contributed by atoms with Crippen LogP contribution >= 0.6 is 23.2 Å². The molecular formula is C10H11Cl2N5. The molecule has 1 heterocycles. The minimum absolute atomic E-state index is 0.232. The van der Waals surface area contributed by atoms with Crippen molar-refractivity contribution in [2.75, 3.05) is 0 Å². The standard InChI is InChI=1S/C10H11Cl2N5/c1-17-9(5-14-16-17)10(15-13)6-2-3-7(11)8(12)4-6/h2-5,10,15H,13H2,1H3. The van der Waals surface area contributed by atoms with Gasteiger partial charge in [-0.1, -0.05) is 34.5 Å². The topological polar surface area (TPSA) is 68.8 Å². The van der Waals surface area contributed by atoms with Gasteiger partial charge in [-0.15, -0.1) is 5.10 Å². The Bertz CT molecular complexity index is 525. The highest BCUT2D eigenvalue weighted by molar-refractivity contribution is 6.42. The molecule has 1 aromatic carbocycles. The third-order valence-electron chi connectivity index (χ3n) is 2.49. The van der Waals surface area contributed by atoms with Crippen LogP contribution in [0.4, 0.5) is 0 Å². The number of nitrogens with zero attached hydrogens (tertiary/aromatic N) is 3. The molecule has 1 unspecified atom stereocenters. The van der Waals surface area contributed by atoms with Crippen LogP contribution in [-0.4, -0.2) is 15.0 Å². The van der Waals surface area contributed by atoms with Gasteiger partial charge in [-0.2, -0.15) is 0 Å². The second-order valence-electron chi connectivity index (χ2n) is 3.56. The van der Waals surface area contributed by atoms with Gasteiger partial charge in [0.25, 0.3) is 0 Å². The molecule has 2 rings (SSSR count). The zero-order valence-electron chi connectivity index (χ0n) is 9.06. The number of rotatable bonds is 3. The van der Waals surface area contributed by atoms with E-state index < -0.39 is 0 Å². The van der Waals surface area contributed by atoms with E-state index in [0.717, 1.165) is 11.3 Å². The second kappa shape index (κ2) is 5.01. The molecule has 3 N–H and O–H groups in total. The van der Waals surface area contributed by atoms with Crippen molar-refractivity contribution in [1.82, 2.24) is 20.4 Å². The third-order valence-corrected chi connectivity index (χ3v) is 3.23. The SMILES string of the molecule is Cn1nncc1C(NN)c1ccc(Cl)c(Cl)c1. The summed E-state index contributed by atoms with van der Waals surface area (Å²) in [7, 11) is 1.80. The second-order valence-corrected chi connectivity index (χ2v) is 4.37. The highest BCUT2D eigenvalue weighted by Gasteiger charge is 2.17. The van der Waals surface area contributed by atoms with Crippen molar-refractivity contribution >= 4 is 23.2 Å². The first-order valence-electron chi connectivity index (χ1n) is 4.89. The summed E-state index contributed by atoms with van der Waals surface area (Å²) in [6, 6.07) is 5.12. The lowest BCUT2D eigenvalue weighted by Gasteiger charge is -2.16. The summed E-state index contributed by atoms with van der Waals surface area (Å²) in [4.78, 5) is 0. The van der Waals surface area contributed by atoms with E-state index in [0.29, 0.717) is 10.0 Å². The maximum atomic E-state index is 5.98. The van der Waals surface area contributed by atoms with Crippen LogP contribution in [0.3, 0.4) is 0 Å². The van der Waals surface area contributed by atoms with E-state index in [4.69, 9.17) is 29.0 Å². The Kier molecular flexibility index (Phi) is 3.63. The number of hydrazine groups is 1. The van der Waals surface area contributed by atoms with Crippen molar-refractivity contribution in [3.63, 3.8) is 0 Å². The lowest BCUT2D eigenvalue weighted by molar-refractivity contribution is 0.570. The molecule has 1 atom stereocenters. The lowest BCUT2D eigenvalue weighted by atomic mass is 10.1. The van der Waals surface area contributed by atoms with Crippen LogP contribution in [0, 0.1) is 0 Å². The summed E-state index contributed by atoms with van der Waals surface area (Å²) in [5.74, 6) is 5.56. The van der Waals surface area contributed by atoms with Gasteiger partial charge in [0.1, 0.15) is 0 Å². The fourth-order valence-corrected chi connectivity index (χ4v) is 1.91. The van der Waals surface area contributed by atoms with Gasteiger partial charge in [-0.3, -0.25) is 10.5 Å². The molecule has 7 heteroatoms. The lowest BCUT2D eigenvalue weighted by Crippen LogP contribution is -2.30. The summed E-state index contributed by atoms with van der Waals surface area (Å²) >= 11 is 11.8.